The first-order valence-corrected chi connectivity index (χ1v) is 5.95. The molecule has 0 aliphatic carbocycles. The van der Waals surface area contributed by atoms with Crippen LogP contribution in [-0.2, 0) is 0 Å². The predicted molar refractivity (Wildman–Crippen MR) is 57.1 cm³/mol. The van der Waals surface area contributed by atoms with Crippen molar-refractivity contribution in [1.82, 2.24) is 9.97 Å². The van der Waals surface area contributed by atoms with Crippen LogP contribution in [-0.4, -0.2) is 16.2 Å². The number of thiophene rings is 1. The highest BCUT2D eigenvalue weighted by Crippen LogP contribution is 2.21. The van der Waals surface area contributed by atoms with Gasteiger partial charge < -0.3 is 0 Å². The molecule has 2 rings (SSSR count). The van der Waals surface area contributed by atoms with Gasteiger partial charge in [-0.2, -0.15) is 11.3 Å². The van der Waals surface area contributed by atoms with E-state index in [4.69, 9.17) is 0 Å². The Morgan fingerprint density at radius 1 is 1.23 bits per heavy atom. The minimum atomic E-state index is 0.818. The van der Waals surface area contributed by atoms with E-state index in [1.807, 2.05) is 18.6 Å². The van der Waals surface area contributed by atoms with Crippen LogP contribution < -0.4 is 0 Å². The summed E-state index contributed by atoms with van der Waals surface area (Å²) in [7, 11) is 0. The van der Waals surface area contributed by atoms with Crippen molar-refractivity contribution >= 4 is 23.1 Å². The third-order valence-corrected chi connectivity index (χ3v) is 2.92. The first-order chi connectivity index (χ1) is 6.40. The summed E-state index contributed by atoms with van der Waals surface area (Å²) in [5, 5.41) is 4.97. The molecule has 0 amide bonds. The van der Waals surface area contributed by atoms with Gasteiger partial charge in [0.2, 0.25) is 0 Å². The molecule has 0 aliphatic heterocycles. The molecule has 13 heavy (non-hydrogen) atoms. The smallest absolute Gasteiger partial charge is 0.187 e. The summed E-state index contributed by atoms with van der Waals surface area (Å²) in [6.07, 6.45) is 5.70. The molecule has 0 fully saturated rings. The quantitative estimate of drug-likeness (QED) is 0.560. The number of hydrogen-bond donors (Lipinski definition) is 0. The second kappa shape index (κ2) is 3.89. The van der Waals surface area contributed by atoms with Crippen LogP contribution in [0.1, 0.15) is 0 Å². The normalized spacial score (nSPS) is 10.2. The first-order valence-electron chi connectivity index (χ1n) is 3.79. The SMILES string of the molecule is CSc1ncc(-c2ccsc2)cn1. The third-order valence-electron chi connectivity index (χ3n) is 1.67. The summed E-state index contributed by atoms with van der Waals surface area (Å²) in [5.74, 6) is 0. The monoisotopic (exact) mass is 208 g/mol. The summed E-state index contributed by atoms with van der Waals surface area (Å²) in [5.41, 5.74) is 2.27. The third kappa shape index (κ3) is 1.89. The first kappa shape index (κ1) is 8.72. The molecule has 2 nitrogen and oxygen atoms in total. The van der Waals surface area contributed by atoms with E-state index in [0.717, 1.165) is 10.7 Å². The van der Waals surface area contributed by atoms with E-state index in [2.05, 4.69) is 26.8 Å². The van der Waals surface area contributed by atoms with Crippen molar-refractivity contribution < 1.29 is 0 Å². The summed E-state index contributed by atoms with van der Waals surface area (Å²) < 4.78 is 0. The zero-order valence-corrected chi connectivity index (χ0v) is 8.73. The molecule has 0 N–H and O–H groups in total. The molecule has 0 saturated heterocycles. The molecule has 66 valence electrons. The van der Waals surface area contributed by atoms with Gasteiger partial charge in [-0.25, -0.2) is 9.97 Å². The van der Waals surface area contributed by atoms with Crippen molar-refractivity contribution in [2.75, 3.05) is 6.26 Å². The predicted octanol–water partition coefficient (Wildman–Crippen LogP) is 2.93. The van der Waals surface area contributed by atoms with Crippen molar-refractivity contribution in [3.8, 4) is 11.1 Å². The Bertz CT molecular complexity index is 367. The van der Waals surface area contributed by atoms with E-state index in [0.29, 0.717) is 0 Å². The molecule has 4 heteroatoms. The van der Waals surface area contributed by atoms with Gasteiger partial charge in [0, 0.05) is 18.0 Å². The second-order valence-electron chi connectivity index (χ2n) is 2.47. The highest BCUT2D eigenvalue weighted by molar-refractivity contribution is 7.98. The summed E-state index contributed by atoms with van der Waals surface area (Å²) in [6, 6.07) is 2.07. The zero-order chi connectivity index (χ0) is 9.10. The van der Waals surface area contributed by atoms with Gasteiger partial charge in [0.25, 0.3) is 0 Å². The van der Waals surface area contributed by atoms with E-state index < -0.39 is 0 Å². The highest BCUT2D eigenvalue weighted by atomic mass is 32.2. The van der Waals surface area contributed by atoms with Crippen molar-refractivity contribution in [2.24, 2.45) is 0 Å². The second-order valence-corrected chi connectivity index (χ2v) is 4.02. The van der Waals surface area contributed by atoms with Crippen molar-refractivity contribution in [3.05, 3.63) is 29.2 Å². The maximum atomic E-state index is 4.21. The maximum absolute atomic E-state index is 4.21. The van der Waals surface area contributed by atoms with Crippen LogP contribution in [0.3, 0.4) is 0 Å². The van der Waals surface area contributed by atoms with E-state index in [-0.39, 0.29) is 0 Å². The molecule has 0 bridgehead atoms. The van der Waals surface area contributed by atoms with Crippen LogP contribution in [0.5, 0.6) is 0 Å². The lowest BCUT2D eigenvalue weighted by molar-refractivity contribution is 0.973. The Morgan fingerprint density at radius 2 is 2.00 bits per heavy atom. The molecule has 0 aromatic carbocycles. The molecule has 2 heterocycles. The lowest BCUT2D eigenvalue weighted by Crippen LogP contribution is -1.85. The van der Waals surface area contributed by atoms with Gasteiger partial charge in [-0.05, 0) is 28.6 Å². The zero-order valence-electron chi connectivity index (χ0n) is 7.10. The van der Waals surface area contributed by atoms with E-state index in [9.17, 15) is 0 Å². The Balaban J connectivity index is 2.33. The Labute approximate surface area is 85.1 Å². The molecule has 0 spiro atoms. The highest BCUT2D eigenvalue weighted by Gasteiger charge is 1.99. The van der Waals surface area contributed by atoms with Crippen molar-refractivity contribution in [1.29, 1.82) is 0 Å². The number of nitrogens with zero attached hydrogens (tertiary/aromatic N) is 2. The molecule has 0 radical (unpaired) electrons. The van der Waals surface area contributed by atoms with Gasteiger partial charge in [-0.15, -0.1) is 0 Å². The van der Waals surface area contributed by atoms with E-state index >= 15 is 0 Å². The van der Waals surface area contributed by atoms with E-state index in [1.54, 1.807) is 23.1 Å². The number of hydrogen-bond acceptors (Lipinski definition) is 4. The molecule has 0 aliphatic rings. The standard InChI is InChI=1S/C9H8N2S2/c1-12-9-10-4-8(5-11-9)7-2-3-13-6-7/h2-6H,1H3. The van der Waals surface area contributed by atoms with Gasteiger partial charge in [0.05, 0.1) is 0 Å². The lowest BCUT2D eigenvalue weighted by Gasteiger charge is -1.97. The Kier molecular flexibility index (Phi) is 2.61. The largest absolute Gasteiger partial charge is 0.230 e. The fourth-order valence-corrected chi connectivity index (χ4v) is 1.98. The van der Waals surface area contributed by atoms with Gasteiger partial charge in [0.1, 0.15) is 0 Å². The molecule has 2 aromatic heterocycles. The van der Waals surface area contributed by atoms with Crippen molar-refractivity contribution in [2.45, 2.75) is 5.16 Å². The minimum Gasteiger partial charge on any atom is -0.230 e. The van der Waals surface area contributed by atoms with Gasteiger partial charge in [-0.1, -0.05) is 11.8 Å². The summed E-state index contributed by atoms with van der Waals surface area (Å²) in [4.78, 5) is 8.42. The lowest BCUT2D eigenvalue weighted by atomic mass is 10.2. The van der Waals surface area contributed by atoms with Gasteiger partial charge in [-0.3, -0.25) is 0 Å². The minimum absolute atomic E-state index is 0.818. The molecule has 0 unspecified atom stereocenters. The maximum Gasteiger partial charge on any atom is 0.187 e. The Hall–Kier alpha value is -0.870. The van der Waals surface area contributed by atoms with Gasteiger partial charge in [0.15, 0.2) is 5.16 Å². The van der Waals surface area contributed by atoms with Crippen LogP contribution in [0.2, 0.25) is 0 Å². The van der Waals surface area contributed by atoms with Crippen LogP contribution in [0, 0.1) is 0 Å². The van der Waals surface area contributed by atoms with Crippen LogP contribution in [0.25, 0.3) is 11.1 Å². The van der Waals surface area contributed by atoms with E-state index in [1.165, 1.54) is 5.56 Å². The van der Waals surface area contributed by atoms with Crippen LogP contribution in [0.15, 0.2) is 34.4 Å². The fraction of sp³-hybridized carbons (Fsp3) is 0.111. The average Bonchev–Trinajstić information content (AvgIpc) is 2.71. The molecular formula is C9H8N2S2. The number of aromatic nitrogens is 2. The molecule has 0 atom stereocenters. The fourth-order valence-electron chi connectivity index (χ4n) is 0.999. The van der Waals surface area contributed by atoms with Crippen LogP contribution >= 0.6 is 23.1 Å². The van der Waals surface area contributed by atoms with Crippen molar-refractivity contribution in [3.63, 3.8) is 0 Å². The Morgan fingerprint density at radius 3 is 2.54 bits per heavy atom. The molecule has 2 aromatic rings. The average molecular weight is 208 g/mol. The molecular weight excluding hydrogens is 200 g/mol. The van der Waals surface area contributed by atoms with Crippen LogP contribution in [0.4, 0.5) is 0 Å². The summed E-state index contributed by atoms with van der Waals surface area (Å²) in [6.45, 7) is 0. The summed E-state index contributed by atoms with van der Waals surface area (Å²) >= 11 is 3.24. The topological polar surface area (TPSA) is 25.8 Å². The number of rotatable bonds is 2. The number of thioether (sulfide) groups is 1. The molecule has 0 saturated carbocycles. The van der Waals surface area contributed by atoms with Gasteiger partial charge >= 0.3 is 0 Å².